The van der Waals surface area contributed by atoms with Crippen LogP contribution in [0.5, 0.6) is 0 Å². The van der Waals surface area contributed by atoms with Crippen molar-refractivity contribution in [3.63, 3.8) is 0 Å². The molecule has 0 aliphatic rings. The van der Waals surface area contributed by atoms with E-state index >= 15 is 0 Å². The lowest BCUT2D eigenvalue weighted by molar-refractivity contribution is -0.171. The van der Waals surface area contributed by atoms with Crippen molar-refractivity contribution in [1.29, 1.82) is 0 Å². The van der Waals surface area contributed by atoms with E-state index in [4.69, 9.17) is 4.74 Å². The Labute approximate surface area is 103 Å². The van der Waals surface area contributed by atoms with Gasteiger partial charge in [0.05, 0.1) is 6.61 Å². The Morgan fingerprint density at radius 1 is 1.24 bits per heavy atom. The van der Waals surface area contributed by atoms with E-state index in [-0.39, 0.29) is 12.5 Å². The second-order valence-corrected chi connectivity index (χ2v) is 4.87. The van der Waals surface area contributed by atoms with Gasteiger partial charge in [-0.05, 0) is 25.2 Å². The Bertz CT molecular complexity index is 260. The minimum absolute atomic E-state index is 0.145. The number of carboxylic acid groups (broad SMARTS) is 1. The summed E-state index contributed by atoms with van der Waals surface area (Å²) >= 11 is 0. The zero-order valence-corrected chi connectivity index (χ0v) is 11.3. The van der Waals surface area contributed by atoms with E-state index in [1.807, 2.05) is 27.7 Å². The number of esters is 1. The van der Waals surface area contributed by atoms with Crippen LogP contribution in [-0.2, 0) is 14.3 Å². The van der Waals surface area contributed by atoms with Gasteiger partial charge in [-0.15, -0.1) is 0 Å². The fourth-order valence-electron chi connectivity index (χ4n) is 2.03. The Morgan fingerprint density at radius 3 is 2.18 bits per heavy atom. The molecule has 1 N–H and O–H groups in total. The molecule has 1 unspecified atom stereocenters. The van der Waals surface area contributed by atoms with Crippen LogP contribution in [0.3, 0.4) is 0 Å². The molecule has 4 nitrogen and oxygen atoms in total. The first-order chi connectivity index (χ1) is 7.90. The van der Waals surface area contributed by atoms with Gasteiger partial charge in [-0.2, -0.15) is 0 Å². The standard InChI is InChI=1S/C13H24O4/c1-5-7-13(11(14)15,9-10(3)4)12(16)17-8-6-2/h10H,5-9H2,1-4H3,(H,14,15). The summed E-state index contributed by atoms with van der Waals surface area (Å²) in [5.41, 5.74) is -1.36. The summed E-state index contributed by atoms with van der Waals surface area (Å²) in [5, 5.41) is 9.37. The molecule has 4 heteroatoms. The average Bonchev–Trinajstić information content (AvgIpc) is 2.24. The topological polar surface area (TPSA) is 63.6 Å². The zero-order chi connectivity index (χ0) is 13.5. The van der Waals surface area contributed by atoms with Gasteiger partial charge in [0.2, 0.25) is 0 Å². The van der Waals surface area contributed by atoms with Crippen molar-refractivity contribution in [3.05, 3.63) is 0 Å². The molecular weight excluding hydrogens is 220 g/mol. The second-order valence-electron chi connectivity index (χ2n) is 4.87. The number of hydrogen-bond acceptors (Lipinski definition) is 3. The van der Waals surface area contributed by atoms with Crippen molar-refractivity contribution in [2.45, 2.75) is 53.4 Å². The van der Waals surface area contributed by atoms with Crippen LogP contribution in [0.15, 0.2) is 0 Å². The maximum Gasteiger partial charge on any atom is 0.323 e. The van der Waals surface area contributed by atoms with Crippen molar-refractivity contribution < 1.29 is 19.4 Å². The summed E-state index contributed by atoms with van der Waals surface area (Å²) in [5.74, 6) is -1.50. The molecule has 0 radical (unpaired) electrons. The third-order valence-corrected chi connectivity index (χ3v) is 2.67. The number of ether oxygens (including phenoxy) is 1. The van der Waals surface area contributed by atoms with Gasteiger partial charge in [-0.3, -0.25) is 9.59 Å². The van der Waals surface area contributed by atoms with Gasteiger partial charge in [-0.1, -0.05) is 34.1 Å². The summed E-state index contributed by atoms with van der Waals surface area (Å²) < 4.78 is 5.05. The summed E-state index contributed by atoms with van der Waals surface area (Å²) in [6, 6.07) is 0. The number of carbonyl (C=O) groups excluding carboxylic acids is 1. The fraction of sp³-hybridized carbons (Fsp3) is 0.846. The number of aliphatic carboxylic acids is 1. The molecule has 0 amide bonds. The molecule has 0 aliphatic carbocycles. The van der Waals surface area contributed by atoms with Gasteiger partial charge in [0.15, 0.2) is 5.41 Å². The van der Waals surface area contributed by atoms with Gasteiger partial charge < -0.3 is 9.84 Å². The highest BCUT2D eigenvalue weighted by Crippen LogP contribution is 2.34. The van der Waals surface area contributed by atoms with Crippen molar-refractivity contribution in [2.75, 3.05) is 6.61 Å². The summed E-state index contributed by atoms with van der Waals surface area (Å²) in [6.45, 7) is 7.89. The molecule has 0 saturated heterocycles. The highest BCUT2D eigenvalue weighted by Gasteiger charge is 2.47. The van der Waals surface area contributed by atoms with E-state index in [2.05, 4.69) is 0 Å². The predicted octanol–water partition coefficient (Wildman–Crippen LogP) is 2.86. The summed E-state index contributed by atoms with van der Waals surface area (Å²) in [6.07, 6.45) is 2.03. The van der Waals surface area contributed by atoms with E-state index in [0.717, 1.165) is 0 Å². The molecule has 17 heavy (non-hydrogen) atoms. The SMILES string of the molecule is CCCOC(=O)C(CCC)(CC(C)C)C(=O)O. The van der Waals surface area contributed by atoms with Crippen LogP contribution in [-0.4, -0.2) is 23.7 Å². The first kappa shape index (κ1) is 15.9. The third kappa shape index (κ3) is 4.36. The van der Waals surface area contributed by atoms with Crippen LogP contribution in [0.2, 0.25) is 0 Å². The molecule has 0 aromatic carbocycles. The summed E-state index contributed by atoms with van der Waals surface area (Å²) in [7, 11) is 0. The molecule has 0 fully saturated rings. The van der Waals surface area contributed by atoms with Gasteiger partial charge in [-0.25, -0.2) is 0 Å². The average molecular weight is 244 g/mol. The largest absolute Gasteiger partial charge is 0.480 e. The molecule has 100 valence electrons. The monoisotopic (exact) mass is 244 g/mol. The second kappa shape index (κ2) is 7.30. The van der Waals surface area contributed by atoms with E-state index in [1.54, 1.807) is 0 Å². The number of carboxylic acids is 1. The lowest BCUT2D eigenvalue weighted by atomic mass is 9.76. The maximum absolute atomic E-state index is 12.0. The van der Waals surface area contributed by atoms with Crippen LogP contribution < -0.4 is 0 Å². The molecule has 1 atom stereocenters. The summed E-state index contributed by atoms with van der Waals surface area (Å²) in [4.78, 5) is 23.4. The minimum Gasteiger partial charge on any atom is -0.480 e. The van der Waals surface area contributed by atoms with Gasteiger partial charge >= 0.3 is 11.9 Å². The van der Waals surface area contributed by atoms with Crippen LogP contribution in [0.4, 0.5) is 0 Å². The highest BCUT2D eigenvalue weighted by molar-refractivity contribution is 5.99. The first-order valence-electron chi connectivity index (χ1n) is 6.31. The van der Waals surface area contributed by atoms with E-state index in [9.17, 15) is 14.7 Å². The normalized spacial score (nSPS) is 14.4. The van der Waals surface area contributed by atoms with Crippen molar-refractivity contribution in [3.8, 4) is 0 Å². The van der Waals surface area contributed by atoms with Crippen LogP contribution in [0.1, 0.15) is 53.4 Å². The molecule has 0 rings (SSSR count). The van der Waals surface area contributed by atoms with Crippen LogP contribution in [0.25, 0.3) is 0 Å². The highest BCUT2D eigenvalue weighted by atomic mass is 16.5. The van der Waals surface area contributed by atoms with E-state index in [1.165, 1.54) is 0 Å². The fourth-order valence-corrected chi connectivity index (χ4v) is 2.03. The molecule has 0 heterocycles. The predicted molar refractivity (Wildman–Crippen MR) is 65.7 cm³/mol. The van der Waals surface area contributed by atoms with Crippen LogP contribution in [0, 0.1) is 11.3 Å². The van der Waals surface area contributed by atoms with Crippen molar-refractivity contribution in [1.82, 2.24) is 0 Å². The van der Waals surface area contributed by atoms with Crippen LogP contribution >= 0.6 is 0 Å². The Balaban J connectivity index is 5.01. The number of rotatable bonds is 8. The lowest BCUT2D eigenvalue weighted by Gasteiger charge is -2.28. The maximum atomic E-state index is 12.0. The number of hydrogen-bond donors (Lipinski definition) is 1. The van der Waals surface area contributed by atoms with Gasteiger partial charge in [0.1, 0.15) is 0 Å². The van der Waals surface area contributed by atoms with E-state index < -0.39 is 17.4 Å². The molecule has 0 spiro atoms. The quantitative estimate of drug-likeness (QED) is 0.526. The molecule has 0 bridgehead atoms. The molecular formula is C13H24O4. The van der Waals surface area contributed by atoms with Gasteiger partial charge in [0.25, 0.3) is 0 Å². The van der Waals surface area contributed by atoms with Crippen molar-refractivity contribution in [2.24, 2.45) is 11.3 Å². The smallest absolute Gasteiger partial charge is 0.323 e. The Morgan fingerprint density at radius 2 is 1.82 bits per heavy atom. The molecule has 0 aliphatic heterocycles. The number of carbonyl (C=O) groups is 2. The van der Waals surface area contributed by atoms with E-state index in [0.29, 0.717) is 25.7 Å². The van der Waals surface area contributed by atoms with Crippen molar-refractivity contribution >= 4 is 11.9 Å². The Kier molecular flexibility index (Phi) is 6.85. The Hall–Kier alpha value is -1.06. The third-order valence-electron chi connectivity index (χ3n) is 2.67. The lowest BCUT2D eigenvalue weighted by Crippen LogP contribution is -2.42. The zero-order valence-electron chi connectivity index (χ0n) is 11.3. The first-order valence-corrected chi connectivity index (χ1v) is 6.31. The molecule has 0 aromatic heterocycles. The molecule has 0 aromatic rings. The van der Waals surface area contributed by atoms with Gasteiger partial charge in [0, 0.05) is 0 Å². The molecule has 0 saturated carbocycles. The minimum atomic E-state index is -1.36.